The fourth-order valence-corrected chi connectivity index (χ4v) is 4.38. The summed E-state index contributed by atoms with van der Waals surface area (Å²) in [5.74, 6) is 0.268. The molecular formula is C25H25N5O3. The van der Waals surface area contributed by atoms with Crippen LogP contribution in [-0.4, -0.2) is 47.9 Å². The van der Waals surface area contributed by atoms with Crippen LogP contribution in [0.25, 0.3) is 10.8 Å². The minimum absolute atomic E-state index is 0.0154. The fraction of sp³-hybridized carbons (Fsp3) is 0.240. The zero-order valence-electron chi connectivity index (χ0n) is 18.3. The van der Waals surface area contributed by atoms with E-state index in [-0.39, 0.29) is 24.4 Å². The summed E-state index contributed by atoms with van der Waals surface area (Å²) in [5, 5.41) is 12.4. The van der Waals surface area contributed by atoms with Gasteiger partial charge in [-0.25, -0.2) is 10.4 Å². The molecule has 3 aromatic rings. The summed E-state index contributed by atoms with van der Waals surface area (Å²) in [6.07, 6.45) is 2.19. The molecule has 0 aliphatic carbocycles. The number of hydrazone groups is 1. The quantitative estimate of drug-likeness (QED) is 0.612. The number of methoxy groups -OCH3 is 1. The van der Waals surface area contributed by atoms with Crippen molar-refractivity contribution < 1.29 is 14.3 Å². The Morgan fingerprint density at radius 2 is 1.97 bits per heavy atom. The predicted molar refractivity (Wildman–Crippen MR) is 125 cm³/mol. The monoisotopic (exact) mass is 443 g/mol. The molecule has 33 heavy (non-hydrogen) atoms. The van der Waals surface area contributed by atoms with Gasteiger partial charge in [0.05, 0.1) is 13.2 Å². The molecule has 8 heteroatoms. The summed E-state index contributed by atoms with van der Waals surface area (Å²) in [4.78, 5) is 25.5. The van der Waals surface area contributed by atoms with E-state index in [1.54, 1.807) is 18.5 Å². The maximum atomic E-state index is 13.1. The van der Waals surface area contributed by atoms with E-state index in [1.807, 2.05) is 42.5 Å². The first kappa shape index (κ1) is 21.0. The number of nitrogens with zero attached hydrogens (tertiary/aromatic N) is 3. The molecule has 2 N–H and O–H groups in total. The number of nitrogens with one attached hydrogen (secondary N) is 2. The number of rotatable bonds is 6. The molecule has 3 aromatic carbocycles. The number of hydrogen-bond acceptors (Lipinski definition) is 6. The lowest BCUT2D eigenvalue weighted by molar-refractivity contribution is -0.140. The number of fused-ring (bicyclic) bond motifs is 2. The molecule has 0 spiro atoms. The van der Waals surface area contributed by atoms with Gasteiger partial charge in [-0.1, -0.05) is 54.6 Å². The Kier molecular flexibility index (Phi) is 5.66. The second kappa shape index (κ2) is 8.91. The molecule has 0 bridgehead atoms. The van der Waals surface area contributed by atoms with E-state index in [0.717, 1.165) is 27.6 Å². The minimum Gasteiger partial charge on any atom is -0.497 e. The smallest absolute Gasteiger partial charge is 0.267 e. The van der Waals surface area contributed by atoms with Crippen LogP contribution in [-0.2, 0) is 16.1 Å². The molecule has 168 valence electrons. The van der Waals surface area contributed by atoms with Crippen LogP contribution in [0.4, 0.5) is 0 Å². The Morgan fingerprint density at radius 3 is 2.85 bits per heavy atom. The average Bonchev–Trinajstić information content (AvgIpc) is 3.29. The number of hydrazine groups is 1. The van der Waals surface area contributed by atoms with Crippen molar-refractivity contribution in [3.05, 3.63) is 77.9 Å². The third-order valence-corrected chi connectivity index (χ3v) is 6.07. The third kappa shape index (κ3) is 4.25. The lowest BCUT2D eigenvalue weighted by Gasteiger charge is -2.29. The highest BCUT2D eigenvalue weighted by Crippen LogP contribution is 2.33. The largest absolute Gasteiger partial charge is 0.497 e. The summed E-state index contributed by atoms with van der Waals surface area (Å²) in [5.41, 5.74) is 5.45. The van der Waals surface area contributed by atoms with Crippen molar-refractivity contribution in [2.45, 2.75) is 25.0 Å². The second-order valence-corrected chi connectivity index (χ2v) is 8.16. The minimum atomic E-state index is -0.405. The van der Waals surface area contributed by atoms with Crippen LogP contribution in [0, 0.1) is 0 Å². The molecule has 2 aliphatic rings. The highest BCUT2D eigenvalue weighted by atomic mass is 16.5. The van der Waals surface area contributed by atoms with Gasteiger partial charge < -0.3 is 10.1 Å². The van der Waals surface area contributed by atoms with E-state index in [2.05, 4.69) is 40.1 Å². The first-order valence-electron chi connectivity index (χ1n) is 10.9. The van der Waals surface area contributed by atoms with E-state index < -0.39 is 6.04 Å². The molecule has 2 amide bonds. The molecule has 0 aromatic heterocycles. The van der Waals surface area contributed by atoms with Gasteiger partial charge in [-0.05, 0) is 40.5 Å². The highest BCUT2D eigenvalue weighted by Gasteiger charge is 2.41. The molecule has 1 saturated heterocycles. The molecule has 0 radical (unpaired) electrons. The standard InChI is InChI=1S/C25H25N5O3/c1-33-19-9-4-6-17(12-19)14-26-24(31)15-29-25(32)23-13-22(28-30(23)16-27-29)21-11-5-8-18-7-2-3-10-20(18)21/h2-12,16,22-23,28H,13-15H2,1H3,(H,26,31). The Morgan fingerprint density at radius 1 is 1.15 bits per heavy atom. The lowest BCUT2D eigenvalue weighted by Crippen LogP contribution is -2.52. The van der Waals surface area contributed by atoms with Gasteiger partial charge in [0.2, 0.25) is 5.91 Å². The Balaban J connectivity index is 1.22. The number of ether oxygens (including phenoxy) is 1. The first-order valence-corrected chi connectivity index (χ1v) is 10.9. The van der Waals surface area contributed by atoms with Gasteiger partial charge in [0, 0.05) is 6.54 Å². The topological polar surface area (TPSA) is 86.3 Å². The van der Waals surface area contributed by atoms with E-state index in [1.165, 1.54) is 5.01 Å². The number of hydrogen-bond donors (Lipinski definition) is 2. The lowest BCUT2D eigenvalue weighted by atomic mass is 9.96. The van der Waals surface area contributed by atoms with Crippen LogP contribution in [0.3, 0.4) is 0 Å². The third-order valence-electron chi connectivity index (χ3n) is 6.07. The van der Waals surface area contributed by atoms with Crippen molar-refractivity contribution in [3.63, 3.8) is 0 Å². The molecule has 2 aliphatic heterocycles. The van der Waals surface area contributed by atoms with E-state index in [9.17, 15) is 9.59 Å². The van der Waals surface area contributed by atoms with Crippen molar-refractivity contribution in [1.29, 1.82) is 0 Å². The van der Waals surface area contributed by atoms with Crippen LogP contribution < -0.4 is 15.5 Å². The normalized spacial score (nSPS) is 19.6. The number of carbonyl (C=O) groups excluding carboxylic acids is 2. The van der Waals surface area contributed by atoms with Crippen LogP contribution in [0.5, 0.6) is 5.75 Å². The maximum Gasteiger partial charge on any atom is 0.267 e. The van der Waals surface area contributed by atoms with Gasteiger partial charge in [0.25, 0.3) is 5.91 Å². The van der Waals surface area contributed by atoms with Gasteiger partial charge in [0.1, 0.15) is 24.7 Å². The number of benzene rings is 3. The van der Waals surface area contributed by atoms with Gasteiger partial charge >= 0.3 is 0 Å². The number of amides is 2. The molecular weight excluding hydrogens is 418 g/mol. The molecule has 8 nitrogen and oxygen atoms in total. The summed E-state index contributed by atoms with van der Waals surface area (Å²) < 4.78 is 5.21. The Labute approximate surface area is 191 Å². The van der Waals surface area contributed by atoms with Crippen molar-refractivity contribution in [2.24, 2.45) is 5.10 Å². The summed E-state index contributed by atoms with van der Waals surface area (Å²) in [6.45, 7) is 0.227. The van der Waals surface area contributed by atoms with Crippen molar-refractivity contribution in [3.8, 4) is 5.75 Å². The first-order chi connectivity index (χ1) is 16.1. The fourth-order valence-electron chi connectivity index (χ4n) is 4.38. The predicted octanol–water partition coefficient (Wildman–Crippen LogP) is 2.57. The van der Waals surface area contributed by atoms with Crippen molar-refractivity contribution >= 4 is 28.9 Å². The summed E-state index contributed by atoms with van der Waals surface area (Å²) in [7, 11) is 1.60. The van der Waals surface area contributed by atoms with Gasteiger partial charge in [-0.15, -0.1) is 0 Å². The van der Waals surface area contributed by atoms with Crippen LogP contribution in [0.1, 0.15) is 23.6 Å². The molecule has 0 saturated carbocycles. The Bertz CT molecular complexity index is 1220. The van der Waals surface area contributed by atoms with Gasteiger partial charge in [0.15, 0.2) is 0 Å². The van der Waals surface area contributed by atoms with Crippen molar-refractivity contribution in [1.82, 2.24) is 20.8 Å². The van der Waals surface area contributed by atoms with Crippen LogP contribution in [0.2, 0.25) is 0 Å². The zero-order valence-corrected chi connectivity index (χ0v) is 18.3. The van der Waals surface area contributed by atoms with Gasteiger partial charge in [-0.3, -0.25) is 14.6 Å². The average molecular weight is 444 g/mol. The number of carbonyl (C=O) groups is 2. The SMILES string of the molecule is COc1cccc(CNC(=O)CN2N=CN3NC(c4cccc5ccccc45)CC3C2=O)c1. The molecule has 1 fully saturated rings. The summed E-state index contributed by atoms with van der Waals surface area (Å²) in [6, 6.07) is 21.5. The zero-order chi connectivity index (χ0) is 22.8. The Hall–Kier alpha value is -3.91. The second-order valence-electron chi connectivity index (χ2n) is 8.16. The maximum absolute atomic E-state index is 13.1. The van der Waals surface area contributed by atoms with Crippen molar-refractivity contribution in [2.75, 3.05) is 13.7 Å². The van der Waals surface area contributed by atoms with E-state index >= 15 is 0 Å². The van der Waals surface area contributed by atoms with Crippen LogP contribution >= 0.6 is 0 Å². The molecule has 2 heterocycles. The summed E-state index contributed by atoms with van der Waals surface area (Å²) >= 11 is 0. The van der Waals surface area contributed by atoms with Gasteiger partial charge in [-0.2, -0.15) is 5.10 Å². The molecule has 2 unspecified atom stereocenters. The van der Waals surface area contributed by atoms with E-state index in [4.69, 9.17) is 4.74 Å². The van der Waals surface area contributed by atoms with E-state index in [0.29, 0.717) is 13.0 Å². The highest BCUT2D eigenvalue weighted by molar-refractivity contribution is 5.91. The molecule has 5 rings (SSSR count). The molecule has 2 atom stereocenters. The van der Waals surface area contributed by atoms with Crippen LogP contribution in [0.15, 0.2) is 71.8 Å².